The number of aromatic nitrogens is 1. The first-order valence-corrected chi connectivity index (χ1v) is 11.5. The first-order chi connectivity index (χ1) is 14.4. The van der Waals surface area contributed by atoms with Crippen LogP contribution in [0.3, 0.4) is 0 Å². The number of carbonyl (C=O) groups is 3. The number of anilines is 1. The molecule has 1 saturated heterocycles. The number of ether oxygens (including phenoxy) is 1. The summed E-state index contributed by atoms with van der Waals surface area (Å²) < 4.78 is 9.69. The number of hydrogen-bond donors (Lipinski definition) is 3. The predicted octanol–water partition coefficient (Wildman–Crippen LogP) is 1.67. The van der Waals surface area contributed by atoms with E-state index >= 15 is 0 Å². The number of primary amides is 1. The normalized spacial score (nSPS) is 20.2. The van der Waals surface area contributed by atoms with Crippen molar-refractivity contribution >= 4 is 34.9 Å². The summed E-state index contributed by atoms with van der Waals surface area (Å²) in [4.78, 5) is 39.9. The minimum atomic E-state index is -0.780. The minimum Gasteiger partial charge on any atom is -0.395 e. The standard InChI is InChI=1S/C20H31N5O4S/c1-2-6-14(19(27)23-12-7-3-4-8-12)25(11-13-9-5-10-29-13)20(28)17-15(21)16(18(22)26)24-30-17/h12-14H,2-11,21H2,1H3,(H2,22,26)(H,23,27)/t13-,14-/m1/s1. The lowest BCUT2D eigenvalue weighted by Gasteiger charge is -2.33. The van der Waals surface area contributed by atoms with Gasteiger partial charge in [-0.3, -0.25) is 14.4 Å². The Hall–Kier alpha value is -2.20. The Morgan fingerprint density at radius 1 is 1.27 bits per heavy atom. The van der Waals surface area contributed by atoms with Crippen LogP contribution < -0.4 is 16.8 Å². The zero-order valence-electron chi connectivity index (χ0n) is 17.4. The third kappa shape index (κ3) is 5.10. The second-order valence-electron chi connectivity index (χ2n) is 8.03. The quantitative estimate of drug-likeness (QED) is 0.537. The Morgan fingerprint density at radius 2 is 2.00 bits per heavy atom. The van der Waals surface area contributed by atoms with Gasteiger partial charge in [0, 0.05) is 19.2 Å². The molecule has 10 heteroatoms. The summed E-state index contributed by atoms with van der Waals surface area (Å²) in [6.07, 6.45) is 7.04. The van der Waals surface area contributed by atoms with Gasteiger partial charge in [-0.25, -0.2) is 0 Å². The van der Waals surface area contributed by atoms with Crippen LogP contribution in [0.1, 0.15) is 78.5 Å². The third-order valence-electron chi connectivity index (χ3n) is 5.78. The molecule has 9 nitrogen and oxygen atoms in total. The van der Waals surface area contributed by atoms with Crippen molar-refractivity contribution in [3.63, 3.8) is 0 Å². The van der Waals surface area contributed by atoms with Crippen molar-refractivity contribution in [2.75, 3.05) is 18.9 Å². The van der Waals surface area contributed by atoms with Crippen molar-refractivity contribution in [1.29, 1.82) is 0 Å². The number of hydrogen-bond acceptors (Lipinski definition) is 7. The minimum absolute atomic E-state index is 0.0266. The first kappa shape index (κ1) is 22.5. The van der Waals surface area contributed by atoms with E-state index in [-0.39, 0.29) is 34.3 Å². The number of nitrogens with two attached hydrogens (primary N) is 2. The zero-order chi connectivity index (χ0) is 21.7. The van der Waals surface area contributed by atoms with Crippen molar-refractivity contribution in [2.45, 2.75) is 76.5 Å². The molecule has 1 aliphatic heterocycles. The molecule has 0 radical (unpaired) electrons. The lowest BCUT2D eigenvalue weighted by molar-refractivity contribution is -0.127. The van der Waals surface area contributed by atoms with Crippen LogP contribution in [0.5, 0.6) is 0 Å². The molecule has 2 fully saturated rings. The highest BCUT2D eigenvalue weighted by Crippen LogP contribution is 2.27. The van der Waals surface area contributed by atoms with Crippen LogP contribution in [0.4, 0.5) is 5.69 Å². The molecule has 0 unspecified atom stereocenters. The molecule has 3 rings (SSSR count). The highest BCUT2D eigenvalue weighted by Gasteiger charge is 2.36. The summed E-state index contributed by atoms with van der Waals surface area (Å²) in [6.45, 7) is 2.93. The van der Waals surface area contributed by atoms with E-state index in [2.05, 4.69) is 9.69 Å². The molecule has 30 heavy (non-hydrogen) atoms. The molecule has 1 aliphatic carbocycles. The molecule has 166 valence electrons. The highest BCUT2D eigenvalue weighted by atomic mass is 32.1. The van der Waals surface area contributed by atoms with E-state index in [1.165, 1.54) is 0 Å². The Morgan fingerprint density at radius 3 is 2.57 bits per heavy atom. The first-order valence-electron chi connectivity index (χ1n) is 10.7. The lowest BCUT2D eigenvalue weighted by Crippen LogP contribution is -2.53. The van der Waals surface area contributed by atoms with Gasteiger partial charge in [-0.2, -0.15) is 4.37 Å². The van der Waals surface area contributed by atoms with Crippen LogP contribution in [-0.4, -0.2) is 58.3 Å². The summed E-state index contributed by atoms with van der Waals surface area (Å²) in [5.74, 6) is -1.33. The van der Waals surface area contributed by atoms with Crippen LogP contribution in [0.25, 0.3) is 0 Å². The molecule has 0 aromatic carbocycles. The molecular weight excluding hydrogens is 406 g/mol. The number of rotatable bonds is 9. The largest absolute Gasteiger partial charge is 0.395 e. The Labute approximate surface area is 180 Å². The topological polar surface area (TPSA) is 141 Å². The van der Waals surface area contributed by atoms with Gasteiger partial charge < -0.3 is 26.4 Å². The number of nitrogens with zero attached hydrogens (tertiary/aromatic N) is 2. The molecule has 1 aromatic rings. The number of nitrogens with one attached hydrogen (secondary N) is 1. The van der Waals surface area contributed by atoms with E-state index in [0.29, 0.717) is 19.6 Å². The van der Waals surface area contributed by atoms with E-state index in [9.17, 15) is 14.4 Å². The van der Waals surface area contributed by atoms with Gasteiger partial charge in [0.15, 0.2) is 5.69 Å². The third-order valence-corrected chi connectivity index (χ3v) is 6.63. The molecule has 0 bridgehead atoms. The Kier molecular flexibility index (Phi) is 7.65. The molecule has 2 atom stereocenters. The number of nitrogen functional groups attached to an aromatic ring is 1. The van der Waals surface area contributed by atoms with E-state index in [1.807, 2.05) is 6.92 Å². The molecule has 1 saturated carbocycles. The van der Waals surface area contributed by atoms with Crippen LogP contribution in [0, 0.1) is 0 Å². The summed E-state index contributed by atoms with van der Waals surface area (Å²) in [6, 6.07) is -0.475. The molecule has 3 amide bonds. The maximum atomic E-state index is 13.5. The summed E-state index contributed by atoms with van der Waals surface area (Å²) in [5, 5.41) is 3.12. The van der Waals surface area contributed by atoms with Crippen LogP contribution >= 0.6 is 11.5 Å². The van der Waals surface area contributed by atoms with Gasteiger partial charge in [0.1, 0.15) is 10.9 Å². The second kappa shape index (κ2) is 10.2. The Balaban J connectivity index is 1.87. The van der Waals surface area contributed by atoms with Crippen molar-refractivity contribution in [2.24, 2.45) is 5.73 Å². The highest BCUT2D eigenvalue weighted by molar-refractivity contribution is 7.09. The van der Waals surface area contributed by atoms with Crippen molar-refractivity contribution in [3.8, 4) is 0 Å². The number of carbonyl (C=O) groups excluding carboxylic acids is 3. The van der Waals surface area contributed by atoms with Gasteiger partial charge in [0.05, 0.1) is 11.8 Å². The van der Waals surface area contributed by atoms with Gasteiger partial charge >= 0.3 is 0 Å². The molecule has 5 N–H and O–H groups in total. The van der Waals surface area contributed by atoms with Crippen LogP contribution in [-0.2, 0) is 9.53 Å². The average Bonchev–Trinajstić information content (AvgIpc) is 3.46. The summed E-state index contributed by atoms with van der Waals surface area (Å²) >= 11 is 0.839. The fourth-order valence-electron chi connectivity index (χ4n) is 4.19. The fourth-order valence-corrected chi connectivity index (χ4v) is 4.95. The van der Waals surface area contributed by atoms with Gasteiger partial charge in [0.2, 0.25) is 5.91 Å². The molecule has 1 aromatic heterocycles. The van der Waals surface area contributed by atoms with Gasteiger partial charge in [-0.1, -0.05) is 26.2 Å². The van der Waals surface area contributed by atoms with Gasteiger partial charge in [0.25, 0.3) is 11.8 Å². The van der Waals surface area contributed by atoms with E-state index in [1.54, 1.807) is 4.90 Å². The van der Waals surface area contributed by atoms with Crippen LogP contribution in [0.2, 0.25) is 0 Å². The molecule has 0 spiro atoms. The molecular formula is C20H31N5O4S. The molecule has 2 aliphatic rings. The van der Waals surface area contributed by atoms with Gasteiger partial charge in [-0.15, -0.1) is 0 Å². The van der Waals surface area contributed by atoms with E-state index in [4.69, 9.17) is 16.2 Å². The van der Waals surface area contributed by atoms with Gasteiger partial charge in [-0.05, 0) is 43.6 Å². The van der Waals surface area contributed by atoms with E-state index < -0.39 is 17.9 Å². The van der Waals surface area contributed by atoms with Crippen LogP contribution in [0.15, 0.2) is 0 Å². The monoisotopic (exact) mass is 437 g/mol. The summed E-state index contributed by atoms with van der Waals surface area (Å²) in [7, 11) is 0. The maximum absolute atomic E-state index is 13.5. The average molecular weight is 438 g/mol. The summed E-state index contributed by atoms with van der Waals surface area (Å²) in [5.41, 5.74) is 11.2. The predicted molar refractivity (Wildman–Crippen MR) is 114 cm³/mol. The maximum Gasteiger partial charge on any atom is 0.270 e. The second-order valence-corrected chi connectivity index (χ2v) is 8.80. The number of amides is 3. The van der Waals surface area contributed by atoms with E-state index in [0.717, 1.165) is 56.5 Å². The fraction of sp³-hybridized carbons (Fsp3) is 0.700. The zero-order valence-corrected chi connectivity index (χ0v) is 18.2. The Bertz CT molecular complexity index is 771. The SMILES string of the molecule is CCC[C@H](C(=O)NC1CCCC1)N(C[C@H]1CCCO1)C(=O)c1snc(C(N)=O)c1N. The van der Waals surface area contributed by atoms with Crippen molar-refractivity contribution in [1.82, 2.24) is 14.6 Å². The smallest absolute Gasteiger partial charge is 0.270 e. The molecule has 2 heterocycles. The van der Waals surface area contributed by atoms with Crippen molar-refractivity contribution < 1.29 is 19.1 Å². The van der Waals surface area contributed by atoms with Crippen molar-refractivity contribution in [3.05, 3.63) is 10.6 Å². The lowest BCUT2D eigenvalue weighted by atomic mass is 10.1.